The number of carbonyl (C=O) groups excluding carboxylic acids is 1. The van der Waals surface area contributed by atoms with Crippen molar-refractivity contribution in [1.82, 2.24) is 15.5 Å². The van der Waals surface area contributed by atoms with Crippen LogP contribution in [-0.2, 0) is 4.79 Å². The van der Waals surface area contributed by atoms with Crippen LogP contribution in [0.15, 0.2) is 0 Å². The van der Waals surface area contributed by atoms with Gasteiger partial charge in [-0.3, -0.25) is 9.69 Å². The van der Waals surface area contributed by atoms with Crippen molar-refractivity contribution in [2.45, 2.75) is 43.9 Å². The minimum atomic E-state index is -0.649. The van der Waals surface area contributed by atoms with Crippen LogP contribution in [-0.4, -0.2) is 60.3 Å². The van der Waals surface area contributed by atoms with Gasteiger partial charge in [0.2, 0.25) is 5.91 Å². The van der Waals surface area contributed by atoms with Crippen LogP contribution in [0.1, 0.15) is 26.2 Å². The van der Waals surface area contributed by atoms with E-state index in [0.29, 0.717) is 6.54 Å². The fraction of sp³-hybridized carbons (Fsp3) is 0.917. The van der Waals surface area contributed by atoms with Crippen molar-refractivity contribution in [3.63, 3.8) is 0 Å². The molecule has 2 fully saturated rings. The Balaban J connectivity index is 2.13. The molecule has 1 heterocycles. The normalized spacial score (nSPS) is 39.2. The highest BCUT2D eigenvalue weighted by atomic mass is 16.3. The first-order valence-electron chi connectivity index (χ1n) is 6.46. The maximum absolute atomic E-state index is 11.9. The van der Waals surface area contributed by atoms with Gasteiger partial charge in [-0.2, -0.15) is 0 Å². The molecule has 0 radical (unpaired) electrons. The van der Waals surface area contributed by atoms with Gasteiger partial charge in [-0.15, -0.1) is 0 Å². The van der Waals surface area contributed by atoms with Crippen LogP contribution in [0.2, 0.25) is 0 Å². The standard InChI is InChI=1S/C12H23N3O2/c1-12(17)5-3-4-10(12)15-7-6-14-8-9(15)11(16)13-2/h9-10,14,17H,3-8H2,1-2H3,(H,13,16). The predicted octanol–water partition coefficient (Wildman–Crippen LogP) is -0.690. The summed E-state index contributed by atoms with van der Waals surface area (Å²) in [5.41, 5.74) is -0.649. The molecule has 0 aromatic rings. The van der Waals surface area contributed by atoms with E-state index < -0.39 is 5.60 Å². The molecule has 0 bridgehead atoms. The van der Waals surface area contributed by atoms with E-state index in [1.807, 2.05) is 6.92 Å². The maximum Gasteiger partial charge on any atom is 0.238 e. The second-order valence-electron chi connectivity index (χ2n) is 5.34. The summed E-state index contributed by atoms with van der Waals surface area (Å²) in [4.78, 5) is 14.1. The lowest BCUT2D eigenvalue weighted by Crippen LogP contribution is -2.63. The molecular formula is C12H23N3O2. The highest BCUT2D eigenvalue weighted by Gasteiger charge is 2.44. The molecule has 3 unspecified atom stereocenters. The molecule has 1 amide bonds. The average Bonchev–Trinajstić information content (AvgIpc) is 2.68. The number of piperazine rings is 1. The van der Waals surface area contributed by atoms with E-state index in [0.717, 1.165) is 32.4 Å². The van der Waals surface area contributed by atoms with Crippen molar-refractivity contribution in [3.8, 4) is 0 Å². The number of carbonyl (C=O) groups is 1. The van der Waals surface area contributed by atoms with Crippen molar-refractivity contribution >= 4 is 5.91 Å². The second kappa shape index (κ2) is 4.92. The highest BCUT2D eigenvalue weighted by Crippen LogP contribution is 2.34. The van der Waals surface area contributed by atoms with E-state index in [4.69, 9.17) is 0 Å². The number of nitrogens with one attached hydrogen (secondary N) is 2. The lowest BCUT2D eigenvalue weighted by atomic mass is 9.96. The van der Waals surface area contributed by atoms with Crippen molar-refractivity contribution in [2.24, 2.45) is 0 Å². The van der Waals surface area contributed by atoms with Crippen LogP contribution >= 0.6 is 0 Å². The lowest BCUT2D eigenvalue weighted by Gasteiger charge is -2.43. The van der Waals surface area contributed by atoms with Crippen LogP contribution in [0.4, 0.5) is 0 Å². The minimum absolute atomic E-state index is 0.0416. The predicted molar refractivity (Wildman–Crippen MR) is 65.7 cm³/mol. The van der Waals surface area contributed by atoms with Gasteiger partial charge < -0.3 is 15.7 Å². The molecule has 0 aromatic carbocycles. The molecule has 98 valence electrons. The Morgan fingerprint density at radius 1 is 1.59 bits per heavy atom. The van der Waals surface area contributed by atoms with Gasteiger partial charge >= 0.3 is 0 Å². The van der Waals surface area contributed by atoms with Crippen molar-refractivity contribution in [3.05, 3.63) is 0 Å². The van der Waals surface area contributed by atoms with Gasteiger partial charge in [0, 0.05) is 32.7 Å². The molecule has 3 N–H and O–H groups in total. The third-order valence-electron chi connectivity index (χ3n) is 4.11. The Hall–Kier alpha value is -0.650. The van der Waals surface area contributed by atoms with Gasteiger partial charge in [0.25, 0.3) is 0 Å². The number of amides is 1. The molecule has 0 spiro atoms. The Labute approximate surface area is 103 Å². The summed E-state index contributed by atoms with van der Waals surface area (Å²) < 4.78 is 0. The summed E-state index contributed by atoms with van der Waals surface area (Å²) in [6, 6.07) is -0.0322. The Kier molecular flexibility index (Phi) is 3.70. The number of aliphatic hydroxyl groups is 1. The van der Waals surface area contributed by atoms with Crippen LogP contribution < -0.4 is 10.6 Å². The topological polar surface area (TPSA) is 64.6 Å². The number of likely N-dealkylation sites (N-methyl/N-ethyl adjacent to an activating group) is 1. The van der Waals surface area contributed by atoms with Crippen LogP contribution in [0.25, 0.3) is 0 Å². The van der Waals surface area contributed by atoms with Crippen LogP contribution in [0.3, 0.4) is 0 Å². The average molecular weight is 241 g/mol. The zero-order valence-corrected chi connectivity index (χ0v) is 10.7. The summed E-state index contributed by atoms with van der Waals surface area (Å²) in [7, 11) is 1.67. The zero-order valence-electron chi connectivity index (χ0n) is 10.7. The van der Waals surface area contributed by atoms with E-state index in [-0.39, 0.29) is 18.0 Å². The largest absolute Gasteiger partial charge is 0.389 e. The van der Waals surface area contributed by atoms with E-state index in [2.05, 4.69) is 15.5 Å². The number of hydrogen-bond donors (Lipinski definition) is 3. The van der Waals surface area contributed by atoms with Crippen molar-refractivity contribution < 1.29 is 9.90 Å². The SMILES string of the molecule is CNC(=O)C1CNCCN1C1CCCC1(C)O. The smallest absolute Gasteiger partial charge is 0.238 e. The summed E-state index contributed by atoms with van der Waals surface area (Å²) >= 11 is 0. The summed E-state index contributed by atoms with van der Waals surface area (Å²) in [6.45, 7) is 4.29. The molecule has 2 aliphatic rings. The molecule has 1 aliphatic carbocycles. The molecule has 1 saturated heterocycles. The molecule has 3 atom stereocenters. The first kappa shape index (κ1) is 12.8. The number of hydrogen-bond acceptors (Lipinski definition) is 4. The first-order valence-corrected chi connectivity index (χ1v) is 6.46. The fourth-order valence-corrected chi connectivity index (χ4v) is 3.16. The van der Waals surface area contributed by atoms with E-state index in [1.54, 1.807) is 7.05 Å². The highest BCUT2D eigenvalue weighted by molar-refractivity contribution is 5.81. The molecule has 2 rings (SSSR count). The van der Waals surface area contributed by atoms with Gasteiger partial charge in [0.15, 0.2) is 0 Å². The summed E-state index contributed by atoms with van der Waals surface area (Å²) in [5, 5.41) is 16.3. The van der Waals surface area contributed by atoms with Gasteiger partial charge in [-0.1, -0.05) is 0 Å². The van der Waals surface area contributed by atoms with Gasteiger partial charge in [0.05, 0.1) is 5.60 Å². The van der Waals surface area contributed by atoms with E-state index in [9.17, 15) is 9.90 Å². The van der Waals surface area contributed by atoms with Gasteiger partial charge in [-0.25, -0.2) is 0 Å². The van der Waals surface area contributed by atoms with Crippen LogP contribution in [0.5, 0.6) is 0 Å². The Morgan fingerprint density at radius 3 is 2.94 bits per heavy atom. The monoisotopic (exact) mass is 241 g/mol. The molecule has 1 aliphatic heterocycles. The Morgan fingerprint density at radius 2 is 2.35 bits per heavy atom. The van der Waals surface area contributed by atoms with Crippen molar-refractivity contribution in [1.29, 1.82) is 0 Å². The third kappa shape index (κ3) is 2.46. The molecule has 1 saturated carbocycles. The number of rotatable bonds is 2. The van der Waals surface area contributed by atoms with Crippen molar-refractivity contribution in [2.75, 3.05) is 26.7 Å². The van der Waals surface area contributed by atoms with Gasteiger partial charge in [-0.05, 0) is 26.2 Å². The lowest BCUT2D eigenvalue weighted by molar-refractivity contribution is -0.130. The molecule has 0 aromatic heterocycles. The van der Waals surface area contributed by atoms with Gasteiger partial charge in [0.1, 0.15) is 6.04 Å². The maximum atomic E-state index is 11.9. The zero-order chi connectivity index (χ0) is 12.5. The second-order valence-corrected chi connectivity index (χ2v) is 5.34. The third-order valence-corrected chi connectivity index (χ3v) is 4.11. The summed E-state index contributed by atoms with van der Waals surface area (Å²) in [6.07, 6.45) is 2.87. The summed E-state index contributed by atoms with van der Waals surface area (Å²) in [5.74, 6) is 0.0416. The van der Waals surface area contributed by atoms with E-state index in [1.165, 1.54) is 0 Å². The van der Waals surface area contributed by atoms with Crippen LogP contribution in [0, 0.1) is 0 Å². The van der Waals surface area contributed by atoms with E-state index >= 15 is 0 Å². The minimum Gasteiger partial charge on any atom is -0.389 e. The molecular weight excluding hydrogens is 218 g/mol. The molecule has 5 nitrogen and oxygen atoms in total. The first-order chi connectivity index (χ1) is 8.06. The number of nitrogens with zero attached hydrogens (tertiary/aromatic N) is 1. The molecule has 5 heteroatoms. The Bertz CT molecular complexity index is 293. The molecule has 17 heavy (non-hydrogen) atoms. The fourth-order valence-electron chi connectivity index (χ4n) is 3.16. The quantitative estimate of drug-likeness (QED) is 0.599.